The van der Waals surface area contributed by atoms with E-state index >= 15 is 0 Å². The summed E-state index contributed by atoms with van der Waals surface area (Å²) >= 11 is 0. The van der Waals surface area contributed by atoms with Crippen molar-refractivity contribution in [3.63, 3.8) is 0 Å². The quantitative estimate of drug-likeness (QED) is 0.282. The molecule has 0 aliphatic carbocycles. The van der Waals surface area contributed by atoms with E-state index in [-0.39, 0.29) is 13.2 Å². The van der Waals surface area contributed by atoms with Crippen LogP contribution in [0.4, 0.5) is 0 Å². The smallest absolute Gasteiger partial charge is 0.334 e. The molecule has 0 fully saturated rings. The van der Waals surface area contributed by atoms with Crippen LogP contribution in [0.1, 0.15) is 11.3 Å². The highest BCUT2D eigenvalue weighted by atomic mass is 16.5. The van der Waals surface area contributed by atoms with Gasteiger partial charge < -0.3 is 13.9 Å². The van der Waals surface area contributed by atoms with E-state index in [2.05, 4.69) is 4.98 Å². The predicted octanol–water partition coefficient (Wildman–Crippen LogP) is 4.75. The predicted molar refractivity (Wildman–Crippen MR) is 102 cm³/mol. The van der Waals surface area contributed by atoms with Gasteiger partial charge in [-0.3, -0.25) is 4.98 Å². The van der Waals surface area contributed by atoms with Gasteiger partial charge in [-0.1, -0.05) is 42.5 Å². The van der Waals surface area contributed by atoms with Gasteiger partial charge in [-0.2, -0.15) is 0 Å². The van der Waals surface area contributed by atoms with Gasteiger partial charge >= 0.3 is 5.97 Å². The number of esters is 1. The highest BCUT2D eigenvalue weighted by Gasteiger charge is 2.08. The lowest BCUT2D eigenvalue weighted by molar-refractivity contribution is -0.139. The van der Waals surface area contributed by atoms with E-state index < -0.39 is 5.97 Å². The van der Waals surface area contributed by atoms with Gasteiger partial charge in [0.2, 0.25) is 0 Å². The molecule has 2 aromatic carbocycles. The molecule has 5 nitrogen and oxygen atoms in total. The van der Waals surface area contributed by atoms with E-state index in [0.717, 1.165) is 27.4 Å². The average Bonchev–Trinajstić information content (AvgIpc) is 3.14. The van der Waals surface area contributed by atoms with Crippen molar-refractivity contribution >= 4 is 27.8 Å². The second kappa shape index (κ2) is 7.74. The molecule has 0 amide bonds. The van der Waals surface area contributed by atoms with E-state index in [1.165, 1.54) is 12.3 Å². The first-order chi connectivity index (χ1) is 13.3. The Morgan fingerprint density at radius 1 is 1.04 bits per heavy atom. The third kappa shape index (κ3) is 3.98. The van der Waals surface area contributed by atoms with Crippen molar-refractivity contribution in [1.82, 2.24) is 4.98 Å². The lowest BCUT2D eigenvalue weighted by Crippen LogP contribution is -2.00. The minimum absolute atomic E-state index is 0.214. The Bertz CT molecular complexity index is 1100. The second-order valence-electron chi connectivity index (χ2n) is 5.98. The van der Waals surface area contributed by atoms with Crippen LogP contribution >= 0.6 is 0 Å². The van der Waals surface area contributed by atoms with Crippen LogP contribution in [0.15, 0.2) is 83.6 Å². The van der Waals surface area contributed by atoms with E-state index in [1.54, 1.807) is 6.20 Å². The number of aromatic nitrogens is 1. The van der Waals surface area contributed by atoms with Gasteiger partial charge in [0.15, 0.2) is 0 Å². The molecule has 2 aromatic heterocycles. The maximum atomic E-state index is 11.7. The van der Waals surface area contributed by atoms with Crippen LogP contribution in [0.3, 0.4) is 0 Å². The summed E-state index contributed by atoms with van der Waals surface area (Å²) in [6, 6.07) is 19.2. The summed E-state index contributed by atoms with van der Waals surface area (Å²) in [5.41, 5.74) is 2.60. The van der Waals surface area contributed by atoms with Gasteiger partial charge in [-0.05, 0) is 23.8 Å². The van der Waals surface area contributed by atoms with Crippen LogP contribution in [0.2, 0.25) is 0 Å². The molecule has 4 aromatic rings. The van der Waals surface area contributed by atoms with E-state index in [0.29, 0.717) is 5.76 Å². The SMILES string of the molecule is O=C(/C=C\OCc1cc2cnc3ccccc3c2o1)OCc1ccccc1. The van der Waals surface area contributed by atoms with Crippen molar-refractivity contribution in [2.45, 2.75) is 13.2 Å². The molecular formula is C22H17NO4. The van der Waals surface area contributed by atoms with Gasteiger partial charge in [0.05, 0.1) is 17.9 Å². The Kier molecular flexibility index (Phi) is 4.83. The minimum atomic E-state index is -0.460. The Labute approximate surface area is 155 Å². The summed E-state index contributed by atoms with van der Waals surface area (Å²) in [6.07, 6.45) is 4.35. The summed E-state index contributed by atoms with van der Waals surface area (Å²) in [4.78, 5) is 16.1. The maximum absolute atomic E-state index is 11.7. The van der Waals surface area contributed by atoms with Crippen LogP contribution in [-0.4, -0.2) is 11.0 Å². The largest absolute Gasteiger partial charge is 0.493 e. The summed E-state index contributed by atoms with van der Waals surface area (Å²) < 4.78 is 16.4. The Hall–Kier alpha value is -3.60. The highest BCUT2D eigenvalue weighted by Crippen LogP contribution is 2.26. The standard InChI is InChI=1S/C22H17NO4/c24-21(26-14-16-6-2-1-3-7-16)10-11-25-15-18-12-17-13-23-20-9-5-4-8-19(20)22(17)27-18/h1-13H,14-15H2/b11-10-. The number of carbonyl (C=O) groups is 1. The molecule has 27 heavy (non-hydrogen) atoms. The van der Waals surface area contributed by atoms with E-state index in [4.69, 9.17) is 13.9 Å². The third-order valence-electron chi connectivity index (χ3n) is 4.05. The topological polar surface area (TPSA) is 61.6 Å². The normalized spacial score (nSPS) is 11.3. The number of ether oxygens (including phenoxy) is 2. The summed E-state index contributed by atoms with van der Waals surface area (Å²) in [6.45, 7) is 0.444. The van der Waals surface area contributed by atoms with Crippen LogP contribution < -0.4 is 0 Å². The molecule has 0 saturated heterocycles. The number of furan rings is 1. The van der Waals surface area contributed by atoms with Gasteiger partial charge in [0, 0.05) is 17.0 Å². The van der Waals surface area contributed by atoms with Gasteiger partial charge in [-0.15, -0.1) is 0 Å². The maximum Gasteiger partial charge on any atom is 0.334 e. The van der Waals surface area contributed by atoms with Gasteiger partial charge in [-0.25, -0.2) is 4.79 Å². The molecule has 2 heterocycles. The number of para-hydroxylation sites is 1. The Morgan fingerprint density at radius 3 is 2.74 bits per heavy atom. The fourth-order valence-electron chi connectivity index (χ4n) is 2.76. The van der Waals surface area contributed by atoms with Crippen LogP contribution in [0.25, 0.3) is 21.9 Å². The van der Waals surface area contributed by atoms with Crippen molar-refractivity contribution in [2.75, 3.05) is 0 Å². The van der Waals surface area contributed by atoms with Crippen molar-refractivity contribution in [1.29, 1.82) is 0 Å². The molecule has 4 rings (SSSR count). The molecule has 0 aliphatic heterocycles. The van der Waals surface area contributed by atoms with Gasteiger partial charge in [0.25, 0.3) is 0 Å². The molecule has 0 aliphatic rings. The van der Waals surface area contributed by atoms with E-state index in [9.17, 15) is 4.79 Å². The zero-order valence-corrected chi connectivity index (χ0v) is 14.5. The number of nitrogens with zero attached hydrogens (tertiary/aromatic N) is 1. The first-order valence-electron chi connectivity index (χ1n) is 8.54. The van der Waals surface area contributed by atoms with Crippen molar-refractivity contribution in [3.8, 4) is 0 Å². The molecule has 0 N–H and O–H groups in total. The van der Waals surface area contributed by atoms with Crippen molar-refractivity contribution in [2.24, 2.45) is 0 Å². The monoisotopic (exact) mass is 359 g/mol. The Morgan fingerprint density at radius 2 is 1.85 bits per heavy atom. The van der Waals surface area contributed by atoms with Gasteiger partial charge in [0.1, 0.15) is 24.6 Å². The lowest BCUT2D eigenvalue weighted by Gasteiger charge is -2.01. The third-order valence-corrected chi connectivity index (χ3v) is 4.05. The number of rotatable bonds is 6. The Balaban J connectivity index is 1.34. The number of carbonyl (C=O) groups excluding carboxylic acids is 1. The summed E-state index contributed by atoms with van der Waals surface area (Å²) in [5.74, 6) is 0.198. The molecule has 0 saturated carbocycles. The molecule has 0 spiro atoms. The van der Waals surface area contributed by atoms with Crippen LogP contribution in [0, 0.1) is 0 Å². The molecule has 5 heteroatoms. The van der Waals surface area contributed by atoms with E-state index in [1.807, 2.05) is 60.7 Å². The fourth-order valence-corrected chi connectivity index (χ4v) is 2.76. The molecule has 0 radical (unpaired) electrons. The van der Waals surface area contributed by atoms with Crippen molar-refractivity contribution in [3.05, 3.63) is 90.5 Å². The average molecular weight is 359 g/mol. The fraction of sp³-hybridized carbons (Fsp3) is 0.0909. The first-order valence-corrected chi connectivity index (χ1v) is 8.54. The number of fused-ring (bicyclic) bond motifs is 3. The first kappa shape index (κ1) is 16.8. The molecular weight excluding hydrogens is 342 g/mol. The highest BCUT2D eigenvalue weighted by molar-refractivity contribution is 6.01. The molecule has 0 atom stereocenters. The minimum Gasteiger partial charge on any atom is -0.493 e. The second-order valence-corrected chi connectivity index (χ2v) is 5.98. The number of pyridine rings is 1. The summed E-state index contributed by atoms with van der Waals surface area (Å²) in [7, 11) is 0. The number of benzene rings is 2. The van der Waals surface area contributed by atoms with Crippen LogP contribution in [-0.2, 0) is 27.5 Å². The lowest BCUT2D eigenvalue weighted by atomic mass is 10.2. The summed E-state index contributed by atoms with van der Waals surface area (Å²) in [5, 5.41) is 1.87. The molecule has 0 unspecified atom stereocenters. The number of hydrogen-bond acceptors (Lipinski definition) is 5. The molecule has 0 bridgehead atoms. The molecule has 134 valence electrons. The van der Waals surface area contributed by atoms with Crippen molar-refractivity contribution < 1.29 is 18.7 Å². The zero-order valence-electron chi connectivity index (χ0n) is 14.5. The zero-order chi connectivity index (χ0) is 18.5. The number of hydrogen-bond donors (Lipinski definition) is 0. The van der Waals surface area contributed by atoms with Crippen LogP contribution in [0.5, 0.6) is 0 Å².